The van der Waals surface area contributed by atoms with E-state index in [2.05, 4.69) is 0 Å². The number of hydrogen-bond donors (Lipinski definition) is 4. The molecule has 2 aliphatic rings. The van der Waals surface area contributed by atoms with Crippen LogP contribution in [0.25, 0.3) is 0 Å². The van der Waals surface area contributed by atoms with E-state index in [0.29, 0.717) is 0 Å². The number of aryl methyl sites for hydroxylation is 1. The summed E-state index contributed by atoms with van der Waals surface area (Å²) in [4.78, 5) is 26.1. The van der Waals surface area contributed by atoms with Gasteiger partial charge in [0.15, 0.2) is 5.78 Å². The van der Waals surface area contributed by atoms with Crippen LogP contribution in [0.5, 0.6) is 17.2 Å². The molecule has 0 aromatic heterocycles. The maximum absolute atomic E-state index is 13.1. The van der Waals surface area contributed by atoms with Crippen molar-refractivity contribution in [2.45, 2.75) is 31.5 Å². The number of fused-ring (bicyclic) bond motifs is 2. The van der Waals surface area contributed by atoms with Gasteiger partial charge >= 0.3 is 0 Å². The third kappa shape index (κ3) is 3.03. The highest BCUT2D eigenvalue weighted by molar-refractivity contribution is 6.30. The van der Waals surface area contributed by atoms with E-state index < -0.39 is 48.5 Å². The second-order valence-corrected chi connectivity index (χ2v) is 7.24. The van der Waals surface area contributed by atoms with Gasteiger partial charge in [-0.2, -0.15) is 0 Å². The van der Waals surface area contributed by atoms with Crippen LogP contribution in [0.4, 0.5) is 0 Å². The van der Waals surface area contributed by atoms with Crippen molar-refractivity contribution < 1.29 is 44.2 Å². The molecule has 1 fully saturated rings. The minimum atomic E-state index is -1.45. The number of aliphatic hydroxyl groups is 3. The number of carbonyl (C=O) groups is 2. The van der Waals surface area contributed by atoms with Crippen molar-refractivity contribution in [2.24, 2.45) is 0 Å². The van der Waals surface area contributed by atoms with Gasteiger partial charge < -0.3 is 34.6 Å². The van der Waals surface area contributed by atoms with Crippen LogP contribution in [0.3, 0.4) is 0 Å². The number of aromatic hydroxyl groups is 1. The fourth-order valence-corrected chi connectivity index (χ4v) is 3.78. The Kier molecular flexibility index (Phi) is 4.99. The predicted molar refractivity (Wildman–Crippen MR) is 101 cm³/mol. The molecule has 2 aromatic rings. The smallest absolute Gasteiger partial charge is 0.229 e. The van der Waals surface area contributed by atoms with Crippen molar-refractivity contribution in [1.82, 2.24) is 0 Å². The van der Waals surface area contributed by atoms with Gasteiger partial charge in [0.05, 0.1) is 24.8 Å². The van der Waals surface area contributed by atoms with Crippen molar-refractivity contribution in [2.75, 3.05) is 13.7 Å². The lowest BCUT2D eigenvalue weighted by atomic mass is 9.82. The van der Waals surface area contributed by atoms with Crippen LogP contribution in [-0.2, 0) is 4.74 Å². The Morgan fingerprint density at radius 2 is 1.70 bits per heavy atom. The zero-order valence-corrected chi connectivity index (χ0v) is 16.2. The van der Waals surface area contributed by atoms with Crippen LogP contribution in [-0.4, -0.2) is 70.3 Å². The quantitative estimate of drug-likeness (QED) is 0.472. The molecule has 0 amide bonds. The summed E-state index contributed by atoms with van der Waals surface area (Å²) in [6, 6.07) is 5.58. The van der Waals surface area contributed by atoms with E-state index in [-0.39, 0.29) is 33.8 Å². The molecule has 9 heteroatoms. The van der Waals surface area contributed by atoms with Crippen LogP contribution in [0.1, 0.15) is 37.4 Å². The molecule has 0 saturated carbocycles. The maximum Gasteiger partial charge on any atom is 0.229 e. The summed E-state index contributed by atoms with van der Waals surface area (Å²) in [5, 5.41) is 39.5. The van der Waals surface area contributed by atoms with Crippen molar-refractivity contribution in [3.63, 3.8) is 0 Å². The van der Waals surface area contributed by atoms with Gasteiger partial charge in [0.25, 0.3) is 0 Å². The standard InChI is InChI=1S/C21H20O9/c1-8-3-10-16(13(4-8)28-2)19(26)15-11(17(10)24)5-9(6-12(15)23)29-21-20(27)18(25)14(7-22)30-21/h3-6,14,18,20-23,25,27H,7H2,1-2H3/t14-,18-,20-,21+/m1/s1. The van der Waals surface area contributed by atoms with Gasteiger partial charge in [-0.25, -0.2) is 0 Å². The van der Waals surface area contributed by atoms with Gasteiger partial charge in [0.2, 0.25) is 12.1 Å². The lowest BCUT2D eigenvalue weighted by Gasteiger charge is -2.23. The molecule has 9 nitrogen and oxygen atoms in total. The van der Waals surface area contributed by atoms with E-state index in [1.165, 1.54) is 13.2 Å². The highest BCUT2D eigenvalue weighted by Crippen LogP contribution is 2.40. The first kappa shape index (κ1) is 20.3. The number of aliphatic hydroxyl groups excluding tert-OH is 3. The maximum atomic E-state index is 13.1. The molecule has 4 rings (SSSR count). The Morgan fingerprint density at radius 3 is 2.33 bits per heavy atom. The van der Waals surface area contributed by atoms with E-state index >= 15 is 0 Å². The summed E-state index contributed by atoms with van der Waals surface area (Å²) in [7, 11) is 1.39. The van der Waals surface area contributed by atoms with Gasteiger partial charge in [-0.05, 0) is 30.7 Å². The Morgan fingerprint density at radius 1 is 1.00 bits per heavy atom. The van der Waals surface area contributed by atoms with Gasteiger partial charge in [-0.15, -0.1) is 0 Å². The molecule has 1 aliphatic carbocycles. The number of ether oxygens (including phenoxy) is 3. The Bertz CT molecular complexity index is 1050. The monoisotopic (exact) mass is 416 g/mol. The van der Waals surface area contributed by atoms with Crippen LogP contribution in [0.15, 0.2) is 24.3 Å². The number of methoxy groups -OCH3 is 1. The first-order valence-corrected chi connectivity index (χ1v) is 9.21. The van der Waals surface area contributed by atoms with Crippen LogP contribution < -0.4 is 9.47 Å². The Labute approximate surface area is 171 Å². The van der Waals surface area contributed by atoms with Crippen molar-refractivity contribution >= 4 is 11.6 Å². The molecule has 2 aromatic carbocycles. The Hall–Kier alpha value is -2.98. The summed E-state index contributed by atoms with van der Waals surface area (Å²) < 4.78 is 16.0. The molecule has 0 radical (unpaired) electrons. The minimum Gasteiger partial charge on any atom is -0.507 e. The zero-order chi connectivity index (χ0) is 21.7. The number of benzene rings is 2. The fourth-order valence-electron chi connectivity index (χ4n) is 3.78. The first-order chi connectivity index (χ1) is 14.3. The largest absolute Gasteiger partial charge is 0.507 e. The average molecular weight is 416 g/mol. The van der Waals surface area contributed by atoms with Crippen LogP contribution >= 0.6 is 0 Å². The molecule has 30 heavy (non-hydrogen) atoms. The molecule has 0 spiro atoms. The average Bonchev–Trinajstić information content (AvgIpc) is 2.98. The second kappa shape index (κ2) is 7.37. The van der Waals surface area contributed by atoms with E-state index in [1.54, 1.807) is 19.1 Å². The summed E-state index contributed by atoms with van der Waals surface area (Å²) in [5.41, 5.74) is 0.699. The third-order valence-electron chi connectivity index (χ3n) is 5.25. The van der Waals surface area contributed by atoms with Crippen LogP contribution in [0.2, 0.25) is 0 Å². The van der Waals surface area contributed by atoms with Crippen molar-refractivity contribution in [1.29, 1.82) is 0 Å². The number of phenols is 1. The summed E-state index contributed by atoms with van der Waals surface area (Å²) in [6.45, 7) is 1.23. The molecule has 0 bridgehead atoms. The predicted octanol–water partition coefficient (Wildman–Crippen LogP) is 0.302. The van der Waals surface area contributed by atoms with E-state index in [9.17, 15) is 30.0 Å². The number of ketones is 2. The number of carbonyl (C=O) groups excluding carboxylic acids is 2. The molecule has 4 atom stereocenters. The Balaban J connectivity index is 1.74. The normalized spacial score (nSPS) is 25.1. The van der Waals surface area contributed by atoms with Gasteiger partial charge in [0, 0.05) is 17.2 Å². The van der Waals surface area contributed by atoms with Gasteiger partial charge in [-0.1, -0.05) is 0 Å². The zero-order valence-electron chi connectivity index (χ0n) is 16.2. The molecule has 1 saturated heterocycles. The van der Waals surface area contributed by atoms with Gasteiger partial charge in [-0.3, -0.25) is 9.59 Å². The molecule has 1 aliphatic heterocycles. The number of phenolic OH excluding ortho intramolecular Hbond substituents is 1. The highest BCUT2D eigenvalue weighted by atomic mass is 16.7. The van der Waals surface area contributed by atoms with Gasteiger partial charge in [0.1, 0.15) is 35.6 Å². The SMILES string of the molecule is COc1cc(C)cc2c1C(=O)c1c(O)cc(O[C@H]3O[C@H](CO)[C@@H](O)[C@H]3O)cc1C2=O. The molecule has 4 N–H and O–H groups in total. The molecular weight excluding hydrogens is 396 g/mol. The molecule has 0 unspecified atom stereocenters. The third-order valence-corrected chi connectivity index (χ3v) is 5.25. The van der Waals surface area contributed by atoms with E-state index in [4.69, 9.17) is 14.2 Å². The number of rotatable bonds is 4. The summed E-state index contributed by atoms with van der Waals surface area (Å²) in [5.74, 6) is -1.36. The second-order valence-electron chi connectivity index (χ2n) is 7.24. The summed E-state index contributed by atoms with van der Waals surface area (Å²) in [6.07, 6.45) is -5.19. The lowest BCUT2D eigenvalue weighted by Crippen LogP contribution is -2.35. The van der Waals surface area contributed by atoms with E-state index in [0.717, 1.165) is 11.6 Å². The van der Waals surface area contributed by atoms with E-state index in [1.807, 2.05) is 0 Å². The highest BCUT2D eigenvalue weighted by Gasteiger charge is 2.44. The van der Waals surface area contributed by atoms with Crippen LogP contribution in [0, 0.1) is 6.92 Å². The summed E-state index contributed by atoms with van der Waals surface area (Å²) >= 11 is 0. The van der Waals surface area contributed by atoms with Crippen molar-refractivity contribution in [3.05, 3.63) is 52.1 Å². The topological polar surface area (TPSA) is 143 Å². The molecule has 1 heterocycles. The minimum absolute atomic E-state index is 0.0506. The lowest BCUT2D eigenvalue weighted by molar-refractivity contribution is -0.116. The molecule has 158 valence electrons. The molecular formula is C21H20O9. The fraction of sp³-hybridized carbons (Fsp3) is 0.333. The number of hydrogen-bond acceptors (Lipinski definition) is 9. The first-order valence-electron chi connectivity index (χ1n) is 9.21. The van der Waals surface area contributed by atoms with Crippen molar-refractivity contribution in [3.8, 4) is 17.2 Å².